The minimum Gasteiger partial charge on any atom is -0.455 e. The Labute approximate surface area is 229 Å². The van der Waals surface area contributed by atoms with E-state index in [0.717, 1.165) is 38.6 Å². The summed E-state index contributed by atoms with van der Waals surface area (Å²) in [4.78, 5) is 14.9. The second-order valence-electron chi connectivity index (χ2n) is 12.2. The number of rotatable bonds is 3. The fraction of sp³-hybridized carbons (Fsp3) is 0.229. The van der Waals surface area contributed by atoms with Crippen molar-refractivity contribution in [3.8, 4) is 34.2 Å². The summed E-state index contributed by atoms with van der Waals surface area (Å²) in [5, 5.41) is 2.13. The molecule has 4 nitrogen and oxygen atoms in total. The standard InChI is InChI=1S/C35H33N3O/c1-34(2,3)24-18-14-22(15-19-24)31-36-32(23-16-20-25(21-17-23)35(4,5)6)38-33(37-31)28-12-9-11-27-26-10-7-8-13-29(26)39-30(27)28/h7-21H,1-6H3. The summed E-state index contributed by atoms with van der Waals surface area (Å²) in [5.74, 6) is 1.88. The van der Waals surface area contributed by atoms with Crippen molar-refractivity contribution in [2.45, 2.75) is 52.4 Å². The summed E-state index contributed by atoms with van der Waals surface area (Å²) in [5.41, 5.74) is 7.08. The summed E-state index contributed by atoms with van der Waals surface area (Å²) in [7, 11) is 0. The first-order valence-electron chi connectivity index (χ1n) is 13.5. The summed E-state index contributed by atoms with van der Waals surface area (Å²) in [6, 6.07) is 31.3. The van der Waals surface area contributed by atoms with Crippen LogP contribution >= 0.6 is 0 Å². The molecular formula is C35H33N3O. The third-order valence-electron chi connectivity index (χ3n) is 7.30. The molecule has 6 aromatic rings. The maximum atomic E-state index is 6.34. The number of fused-ring (bicyclic) bond motifs is 3. The number of aromatic nitrogens is 3. The van der Waals surface area contributed by atoms with E-state index in [9.17, 15) is 0 Å². The molecule has 6 rings (SSSR count). The van der Waals surface area contributed by atoms with Gasteiger partial charge in [-0.25, -0.2) is 15.0 Å². The van der Waals surface area contributed by atoms with Crippen molar-refractivity contribution >= 4 is 21.9 Å². The normalized spacial score (nSPS) is 12.4. The van der Waals surface area contributed by atoms with Gasteiger partial charge in [0.25, 0.3) is 0 Å². The minimum atomic E-state index is 0.0691. The predicted molar refractivity (Wildman–Crippen MR) is 161 cm³/mol. The molecule has 39 heavy (non-hydrogen) atoms. The molecule has 0 saturated heterocycles. The maximum absolute atomic E-state index is 6.34. The van der Waals surface area contributed by atoms with Crippen molar-refractivity contribution < 1.29 is 4.42 Å². The quantitative estimate of drug-likeness (QED) is 0.237. The monoisotopic (exact) mass is 511 g/mol. The Hall–Kier alpha value is -4.31. The van der Waals surface area contributed by atoms with Gasteiger partial charge < -0.3 is 4.42 Å². The van der Waals surface area contributed by atoms with Crippen LogP contribution in [-0.4, -0.2) is 15.0 Å². The van der Waals surface area contributed by atoms with Gasteiger partial charge in [-0.3, -0.25) is 0 Å². The van der Waals surface area contributed by atoms with Crippen molar-refractivity contribution in [3.63, 3.8) is 0 Å². The third-order valence-corrected chi connectivity index (χ3v) is 7.30. The first-order chi connectivity index (χ1) is 18.6. The Morgan fingerprint density at radius 1 is 0.487 bits per heavy atom. The molecule has 0 aliphatic carbocycles. The van der Waals surface area contributed by atoms with E-state index >= 15 is 0 Å². The number of nitrogens with zero attached hydrogens (tertiary/aromatic N) is 3. The zero-order valence-electron chi connectivity index (χ0n) is 23.4. The molecule has 0 fully saturated rings. The Balaban J connectivity index is 1.55. The fourth-order valence-electron chi connectivity index (χ4n) is 4.92. The Morgan fingerprint density at radius 2 is 0.974 bits per heavy atom. The topological polar surface area (TPSA) is 51.8 Å². The molecule has 4 aromatic carbocycles. The van der Waals surface area contributed by atoms with Gasteiger partial charge in [0.2, 0.25) is 0 Å². The molecule has 0 saturated carbocycles. The van der Waals surface area contributed by atoms with Gasteiger partial charge in [0.1, 0.15) is 11.2 Å². The molecule has 0 aliphatic heterocycles. The van der Waals surface area contributed by atoms with Crippen molar-refractivity contribution in [2.75, 3.05) is 0 Å². The minimum absolute atomic E-state index is 0.0691. The van der Waals surface area contributed by atoms with Gasteiger partial charge in [-0.1, -0.05) is 120 Å². The zero-order chi connectivity index (χ0) is 27.4. The maximum Gasteiger partial charge on any atom is 0.167 e. The highest BCUT2D eigenvalue weighted by Crippen LogP contribution is 2.36. The van der Waals surface area contributed by atoms with E-state index in [0.29, 0.717) is 17.5 Å². The lowest BCUT2D eigenvalue weighted by Crippen LogP contribution is -2.10. The number of benzene rings is 4. The average molecular weight is 512 g/mol. The molecule has 2 aromatic heterocycles. The molecule has 0 unspecified atom stereocenters. The molecule has 0 amide bonds. The van der Waals surface area contributed by atoms with Crippen molar-refractivity contribution in [1.29, 1.82) is 0 Å². The van der Waals surface area contributed by atoms with E-state index in [-0.39, 0.29) is 10.8 Å². The van der Waals surface area contributed by atoms with Crippen LogP contribution in [0.2, 0.25) is 0 Å². The molecule has 0 radical (unpaired) electrons. The Morgan fingerprint density at radius 3 is 1.51 bits per heavy atom. The van der Waals surface area contributed by atoms with Crippen molar-refractivity contribution in [3.05, 3.63) is 102 Å². The van der Waals surface area contributed by atoms with Crippen LogP contribution in [0.4, 0.5) is 0 Å². The van der Waals surface area contributed by atoms with Crippen LogP contribution in [0.1, 0.15) is 52.7 Å². The van der Waals surface area contributed by atoms with Gasteiger partial charge in [-0.2, -0.15) is 0 Å². The largest absolute Gasteiger partial charge is 0.455 e. The van der Waals surface area contributed by atoms with Gasteiger partial charge in [0.05, 0.1) is 5.56 Å². The zero-order valence-corrected chi connectivity index (χ0v) is 23.4. The molecule has 0 aliphatic rings. The Kier molecular flexibility index (Phi) is 5.87. The molecular weight excluding hydrogens is 478 g/mol. The van der Waals surface area contributed by atoms with Crippen LogP contribution in [-0.2, 0) is 10.8 Å². The smallest absolute Gasteiger partial charge is 0.167 e. The number of hydrogen-bond acceptors (Lipinski definition) is 4. The number of para-hydroxylation sites is 2. The fourth-order valence-corrected chi connectivity index (χ4v) is 4.92. The average Bonchev–Trinajstić information content (AvgIpc) is 3.31. The summed E-state index contributed by atoms with van der Waals surface area (Å²) in [6.07, 6.45) is 0. The van der Waals surface area contributed by atoms with Crippen LogP contribution in [0, 0.1) is 0 Å². The van der Waals surface area contributed by atoms with Crippen molar-refractivity contribution in [2.24, 2.45) is 0 Å². The molecule has 194 valence electrons. The first-order valence-corrected chi connectivity index (χ1v) is 13.5. The number of furan rings is 1. The highest BCUT2D eigenvalue weighted by Gasteiger charge is 2.19. The molecule has 4 heteroatoms. The van der Waals surface area contributed by atoms with E-state index in [2.05, 4.69) is 102 Å². The van der Waals surface area contributed by atoms with E-state index in [4.69, 9.17) is 19.4 Å². The second-order valence-corrected chi connectivity index (χ2v) is 12.2. The molecule has 0 N–H and O–H groups in total. The summed E-state index contributed by atoms with van der Waals surface area (Å²) >= 11 is 0. The molecule has 0 spiro atoms. The van der Waals surface area contributed by atoms with Crippen LogP contribution in [0.3, 0.4) is 0 Å². The Bertz CT molecular complexity index is 1720. The van der Waals surface area contributed by atoms with Gasteiger partial charge in [-0.15, -0.1) is 0 Å². The van der Waals surface area contributed by atoms with Crippen LogP contribution < -0.4 is 0 Å². The third kappa shape index (κ3) is 4.72. The van der Waals surface area contributed by atoms with E-state index in [1.165, 1.54) is 11.1 Å². The highest BCUT2D eigenvalue weighted by molar-refractivity contribution is 6.09. The predicted octanol–water partition coefficient (Wildman–Crippen LogP) is 9.37. The van der Waals surface area contributed by atoms with Crippen LogP contribution in [0.5, 0.6) is 0 Å². The van der Waals surface area contributed by atoms with Gasteiger partial charge in [0.15, 0.2) is 17.5 Å². The number of hydrogen-bond donors (Lipinski definition) is 0. The summed E-state index contributed by atoms with van der Waals surface area (Å²) < 4.78 is 6.34. The van der Waals surface area contributed by atoms with Gasteiger partial charge >= 0.3 is 0 Å². The highest BCUT2D eigenvalue weighted by atomic mass is 16.3. The summed E-state index contributed by atoms with van der Waals surface area (Å²) in [6.45, 7) is 13.3. The van der Waals surface area contributed by atoms with Gasteiger partial charge in [0, 0.05) is 21.9 Å². The molecule has 2 heterocycles. The second kappa shape index (κ2) is 9.16. The van der Waals surface area contributed by atoms with Crippen LogP contribution in [0.15, 0.2) is 95.4 Å². The van der Waals surface area contributed by atoms with E-state index in [1.54, 1.807) is 0 Å². The van der Waals surface area contributed by atoms with Gasteiger partial charge in [-0.05, 0) is 34.1 Å². The SMILES string of the molecule is CC(C)(C)c1ccc(-c2nc(-c3ccc(C(C)(C)C)cc3)nc(-c3cccc4c3oc3ccccc34)n2)cc1. The molecule has 0 bridgehead atoms. The lowest BCUT2D eigenvalue weighted by atomic mass is 9.86. The van der Waals surface area contributed by atoms with E-state index in [1.807, 2.05) is 30.3 Å². The lowest BCUT2D eigenvalue weighted by molar-refractivity contribution is 0.590. The van der Waals surface area contributed by atoms with Crippen LogP contribution in [0.25, 0.3) is 56.1 Å². The first kappa shape index (κ1) is 25.0. The van der Waals surface area contributed by atoms with E-state index < -0.39 is 0 Å². The molecule has 0 atom stereocenters. The van der Waals surface area contributed by atoms with Crippen molar-refractivity contribution in [1.82, 2.24) is 15.0 Å². The lowest BCUT2D eigenvalue weighted by Gasteiger charge is -2.19.